The summed E-state index contributed by atoms with van der Waals surface area (Å²) in [4.78, 5) is 0. The molecule has 0 fully saturated rings. The molecule has 0 aliphatic heterocycles. The lowest BCUT2D eigenvalue weighted by Gasteiger charge is -2.02. The molecule has 2 heteroatoms. The van der Waals surface area contributed by atoms with Crippen LogP contribution < -0.4 is 4.74 Å². The van der Waals surface area contributed by atoms with Gasteiger partial charge in [-0.05, 0) is 36.3 Å². The van der Waals surface area contributed by atoms with Crippen LogP contribution in [0.3, 0.4) is 0 Å². The molecule has 0 aliphatic rings. The SMILES string of the molecule is CC.CC.CC.COc1ccc(/C(C)=C/C=N)cc1. The molecule has 0 spiro atoms. The van der Waals surface area contributed by atoms with Gasteiger partial charge in [0.25, 0.3) is 0 Å². The summed E-state index contributed by atoms with van der Waals surface area (Å²) in [5.74, 6) is 0.853. The van der Waals surface area contributed by atoms with Gasteiger partial charge in [0, 0.05) is 6.21 Å². The summed E-state index contributed by atoms with van der Waals surface area (Å²) in [6, 6.07) is 7.79. The second-order valence-electron chi connectivity index (χ2n) is 2.74. The van der Waals surface area contributed by atoms with Crippen molar-refractivity contribution >= 4 is 11.8 Å². The van der Waals surface area contributed by atoms with Crippen LogP contribution in [0.4, 0.5) is 0 Å². The van der Waals surface area contributed by atoms with Gasteiger partial charge in [-0.2, -0.15) is 0 Å². The first kappa shape index (κ1) is 22.6. The zero-order valence-electron chi connectivity index (χ0n) is 13.9. The Balaban J connectivity index is -0.000000375. The largest absolute Gasteiger partial charge is 0.497 e. The molecule has 0 radical (unpaired) electrons. The number of nitrogens with one attached hydrogen (secondary N) is 1. The summed E-state index contributed by atoms with van der Waals surface area (Å²) in [5.41, 5.74) is 2.20. The van der Waals surface area contributed by atoms with Crippen molar-refractivity contribution in [1.29, 1.82) is 5.41 Å². The Kier molecular flexibility index (Phi) is 22.3. The van der Waals surface area contributed by atoms with Crippen LogP contribution in [-0.4, -0.2) is 13.3 Å². The van der Waals surface area contributed by atoms with Gasteiger partial charge < -0.3 is 10.1 Å². The number of ether oxygens (including phenoxy) is 1. The number of hydrogen-bond donors (Lipinski definition) is 1. The predicted octanol–water partition coefficient (Wildman–Crippen LogP) is 5.83. The van der Waals surface area contributed by atoms with Gasteiger partial charge in [0.1, 0.15) is 5.75 Å². The Morgan fingerprint density at radius 2 is 1.37 bits per heavy atom. The minimum absolute atomic E-state index is 0.853. The molecule has 0 bridgehead atoms. The highest BCUT2D eigenvalue weighted by Gasteiger charge is 1.94. The first-order chi connectivity index (χ1) is 9.27. The topological polar surface area (TPSA) is 33.1 Å². The smallest absolute Gasteiger partial charge is 0.118 e. The number of allylic oxidation sites excluding steroid dienone is 2. The maximum absolute atomic E-state index is 6.93. The van der Waals surface area contributed by atoms with E-state index in [0.717, 1.165) is 16.9 Å². The van der Waals surface area contributed by atoms with E-state index in [9.17, 15) is 0 Å². The third-order valence-electron chi connectivity index (χ3n) is 1.88. The zero-order valence-corrected chi connectivity index (χ0v) is 13.9. The molecule has 110 valence electrons. The molecule has 0 unspecified atom stereocenters. The van der Waals surface area contributed by atoms with Gasteiger partial charge in [-0.25, -0.2) is 0 Å². The molecule has 0 saturated heterocycles. The van der Waals surface area contributed by atoms with Crippen LogP contribution in [-0.2, 0) is 0 Å². The number of methoxy groups -OCH3 is 1. The zero-order chi connectivity index (χ0) is 15.7. The minimum atomic E-state index is 0.853. The molecule has 0 amide bonds. The highest BCUT2D eigenvalue weighted by Crippen LogP contribution is 2.17. The van der Waals surface area contributed by atoms with Crippen LogP contribution in [0.1, 0.15) is 54.0 Å². The maximum atomic E-state index is 6.93. The Labute approximate surface area is 120 Å². The summed E-state index contributed by atoms with van der Waals surface area (Å²) >= 11 is 0. The molecule has 2 nitrogen and oxygen atoms in total. The van der Waals surface area contributed by atoms with Crippen LogP contribution in [0.15, 0.2) is 30.3 Å². The van der Waals surface area contributed by atoms with Crippen LogP contribution in [0.5, 0.6) is 5.75 Å². The van der Waals surface area contributed by atoms with Crippen molar-refractivity contribution in [3.63, 3.8) is 0 Å². The van der Waals surface area contributed by atoms with Gasteiger partial charge in [0.2, 0.25) is 0 Å². The van der Waals surface area contributed by atoms with Gasteiger partial charge >= 0.3 is 0 Å². The molecule has 1 rings (SSSR count). The number of rotatable bonds is 3. The lowest BCUT2D eigenvalue weighted by Crippen LogP contribution is -1.83. The van der Waals surface area contributed by atoms with E-state index >= 15 is 0 Å². The molecule has 0 aliphatic carbocycles. The van der Waals surface area contributed by atoms with Crippen molar-refractivity contribution < 1.29 is 4.74 Å². The van der Waals surface area contributed by atoms with E-state index in [2.05, 4.69) is 0 Å². The van der Waals surface area contributed by atoms with E-state index in [0.29, 0.717) is 0 Å². The van der Waals surface area contributed by atoms with E-state index in [1.807, 2.05) is 72.7 Å². The van der Waals surface area contributed by atoms with E-state index < -0.39 is 0 Å². The summed E-state index contributed by atoms with van der Waals surface area (Å²) in [7, 11) is 1.65. The highest BCUT2D eigenvalue weighted by molar-refractivity contribution is 5.82. The lowest BCUT2D eigenvalue weighted by molar-refractivity contribution is 0.415. The summed E-state index contributed by atoms with van der Waals surface area (Å²) < 4.78 is 5.04. The van der Waals surface area contributed by atoms with E-state index in [4.69, 9.17) is 10.1 Å². The molecule has 1 N–H and O–H groups in total. The third-order valence-corrected chi connectivity index (χ3v) is 1.88. The number of hydrogen-bond acceptors (Lipinski definition) is 2. The normalized spacial score (nSPS) is 8.53. The van der Waals surface area contributed by atoms with Gasteiger partial charge in [0.05, 0.1) is 7.11 Å². The Bertz CT molecular complexity index is 313. The molecule has 0 atom stereocenters. The van der Waals surface area contributed by atoms with Crippen molar-refractivity contribution in [3.05, 3.63) is 35.9 Å². The van der Waals surface area contributed by atoms with Gasteiger partial charge in [0.15, 0.2) is 0 Å². The van der Waals surface area contributed by atoms with E-state index in [-0.39, 0.29) is 0 Å². The Morgan fingerprint density at radius 3 is 1.68 bits per heavy atom. The van der Waals surface area contributed by atoms with Crippen LogP contribution in [0.25, 0.3) is 5.57 Å². The maximum Gasteiger partial charge on any atom is 0.118 e. The standard InChI is InChI=1S/C11H13NO.3C2H6/c1-9(7-8-12)10-3-5-11(13-2)6-4-10;3*1-2/h3-8,12H,1-2H3;3*1-2H3/b9-7+,12-8?;;;. The quantitative estimate of drug-likeness (QED) is 0.685. The molecule has 1 aromatic rings. The summed E-state index contributed by atoms with van der Waals surface area (Å²) in [6.07, 6.45) is 3.06. The first-order valence-electron chi connectivity index (χ1n) is 7.09. The molecule has 19 heavy (non-hydrogen) atoms. The van der Waals surface area contributed by atoms with Crippen LogP contribution in [0.2, 0.25) is 0 Å². The second-order valence-corrected chi connectivity index (χ2v) is 2.74. The molecule has 0 heterocycles. The number of benzene rings is 1. The summed E-state index contributed by atoms with van der Waals surface area (Å²) in [6.45, 7) is 14.0. The third kappa shape index (κ3) is 11.3. The van der Waals surface area contributed by atoms with Gasteiger partial charge in [-0.15, -0.1) is 0 Å². The molecular formula is C17H31NO. The fourth-order valence-corrected chi connectivity index (χ4v) is 1.08. The summed E-state index contributed by atoms with van der Waals surface area (Å²) in [5, 5.41) is 6.93. The highest BCUT2D eigenvalue weighted by atomic mass is 16.5. The van der Waals surface area contributed by atoms with Crippen LogP contribution >= 0.6 is 0 Å². The van der Waals surface area contributed by atoms with Crippen molar-refractivity contribution in [2.24, 2.45) is 0 Å². The molecule has 0 aromatic heterocycles. The van der Waals surface area contributed by atoms with Crippen LogP contribution in [0, 0.1) is 5.41 Å². The molecular weight excluding hydrogens is 234 g/mol. The average Bonchev–Trinajstić information content (AvgIpc) is 2.53. The first-order valence-corrected chi connectivity index (χ1v) is 7.09. The molecule has 1 aromatic carbocycles. The van der Waals surface area contributed by atoms with E-state index in [1.54, 1.807) is 13.2 Å². The Morgan fingerprint density at radius 1 is 0.947 bits per heavy atom. The fourth-order valence-electron chi connectivity index (χ4n) is 1.08. The fraction of sp³-hybridized carbons (Fsp3) is 0.471. The van der Waals surface area contributed by atoms with Gasteiger partial charge in [-0.3, -0.25) is 0 Å². The molecule has 0 saturated carbocycles. The minimum Gasteiger partial charge on any atom is -0.497 e. The van der Waals surface area contributed by atoms with Crippen molar-refractivity contribution in [2.75, 3.05) is 7.11 Å². The van der Waals surface area contributed by atoms with Crippen molar-refractivity contribution in [2.45, 2.75) is 48.5 Å². The van der Waals surface area contributed by atoms with Crippen molar-refractivity contribution in [1.82, 2.24) is 0 Å². The van der Waals surface area contributed by atoms with Crippen molar-refractivity contribution in [3.8, 4) is 5.75 Å². The second kappa shape index (κ2) is 18.8. The Hall–Kier alpha value is -1.57. The monoisotopic (exact) mass is 265 g/mol. The van der Waals surface area contributed by atoms with E-state index in [1.165, 1.54) is 6.21 Å². The average molecular weight is 265 g/mol. The lowest BCUT2D eigenvalue weighted by atomic mass is 10.1. The van der Waals surface area contributed by atoms with Gasteiger partial charge in [-0.1, -0.05) is 53.7 Å². The predicted molar refractivity (Wildman–Crippen MR) is 89.5 cm³/mol.